The van der Waals surface area contributed by atoms with E-state index in [-0.39, 0.29) is 11.2 Å². The van der Waals surface area contributed by atoms with Crippen molar-refractivity contribution in [3.05, 3.63) is 41.0 Å². The fraction of sp³-hybridized carbons (Fsp3) is 0.316. The van der Waals surface area contributed by atoms with Gasteiger partial charge in [-0.25, -0.2) is 9.97 Å². The van der Waals surface area contributed by atoms with Crippen LogP contribution in [0.2, 0.25) is 5.02 Å². The second-order valence-corrected chi connectivity index (χ2v) is 8.42. The number of benzene rings is 1. The van der Waals surface area contributed by atoms with Gasteiger partial charge in [0.15, 0.2) is 0 Å². The van der Waals surface area contributed by atoms with E-state index in [1.807, 2.05) is 31.2 Å². The highest BCUT2D eigenvalue weighted by atomic mass is 35.5. The van der Waals surface area contributed by atoms with E-state index in [2.05, 4.69) is 22.3 Å². The number of aromatic nitrogens is 2. The number of nitrogens with zero attached hydrogens (tertiary/aromatic N) is 2. The number of rotatable bonds is 7. The molecule has 2 aromatic heterocycles. The predicted octanol–water partition coefficient (Wildman–Crippen LogP) is 5.84. The van der Waals surface area contributed by atoms with Gasteiger partial charge in [-0.05, 0) is 31.0 Å². The van der Waals surface area contributed by atoms with E-state index in [0.717, 1.165) is 39.2 Å². The smallest absolute Gasteiger partial charge is 0.319 e. The Morgan fingerprint density at radius 1 is 1.31 bits per heavy atom. The van der Waals surface area contributed by atoms with Crippen molar-refractivity contribution in [2.75, 3.05) is 6.61 Å². The number of carbonyl (C=O) groups is 1. The molecule has 0 aliphatic rings. The fourth-order valence-corrected chi connectivity index (χ4v) is 4.47. The summed E-state index contributed by atoms with van der Waals surface area (Å²) in [4.78, 5) is 21.9. The maximum atomic E-state index is 12.2. The summed E-state index contributed by atoms with van der Waals surface area (Å²) >= 11 is 8.98. The third-order valence-electron chi connectivity index (χ3n) is 3.85. The van der Waals surface area contributed by atoms with Crippen LogP contribution in [0.1, 0.15) is 26.7 Å². The predicted molar refractivity (Wildman–Crippen MR) is 109 cm³/mol. The summed E-state index contributed by atoms with van der Waals surface area (Å²) in [5.41, 5.74) is 2.10. The summed E-state index contributed by atoms with van der Waals surface area (Å²) in [6, 6.07) is 7.69. The van der Waals surface area contributed by atoms with Crippen LogP contribution in [-0.2, 0) is 9.53 Å². The number of thioether (sulfide) groups is 1. The Balaban J connectivity index is 1.88. The monoisotopic (exact) mass is 406 g/mol. The van der Waals surface area contributed by atoms with E-state index in [0.29, 0.717) is 11.6 Å². The summed E-state index contributed by atoms with van der Waals surface area (Å²) in [6.07, 6.45) is 3.43. The average molecular weight is 407 g/mol. The van der Waals surface area contributed by atoms with E-state index in [4.69, 9.17) is 16.3 Å². The Kier molecular flexibility index (Phi) is 6.51. The first-order valence-electron chi connectivity index (χ1n) is 8.41. The minimum absolute atomic E-state index is 0.210. The van der Waals surface area contributed by atoms with Crippen molar-refractivity contribution in [2.24, 2.45) is 0 Å². The van der Waals surface area contributed by atoms with Crippen LogP contribution in [0, 0.1) is 0 Å². The molecule has 0 amide bonds. The van der Waals surface area contributed by atoms with Gasteiger partial charge in [-0.2, -0.15) is 0 Å². The van der Waals surface area contributed by atoms with E-state index >= 15 is 0 Å². The molecule has 0 unspecified atom stereocenters. The second kappa shape index (κ2) is 8.84. The molecule has 0 saturated carbocycles. The van der Waals surface area contributed by atoms with Gasteiger partial charge in [0, 0.05) is 16.0 Å². The first-order valence-corrected chi connectivity index (χ1v) is 10.5. The van der Waals surface area contributed by atoms with Crippen molar-refractivity contribution in [1.29, 1.82) is 0 Å². The zero-order valence-electron chi connectivity index (χ0n) is 14.6. The minimum atomic E-state index is -0.331. The molecule has 0 aliphatic heterocycles. The van der Waals surface area contributed by atoms with Crippen LogP contribution in [0.4, 0.5) is 0 Å². The molecule has 26 heavy (non-hydrogen) atoms. The van der Waals surface area contributed by atoms with Crippen LogP contribution in [0.25, 0.3) is 21.3 Å². The maximum absolute atomic E-state index is 12.2. The van der Waals surface area contributed by atoms with Crippen LogP contribution in [0.5, 0.6) is 0 Å². The first kappa shape index (κ1) is 19.1. The number of ether oxygens (including phenoxy) is 1. The summed E-state index contributed by atoms with van der Waals surface area (Å²) in [6.45, 7) is 4.38. The van der Waals surface area contributed by atoms with E-state index in [1.165, 1.54) is 11.8 Å². The van der Waals surface area contributed by atoms with Gasteiger partial charge in [-0.3, -0.25) is 4.79 Å². The molecule has 0 N–H and O–H groups in total. The maximum Gasteiger partial charge on any atom is 0.319 e. The van der Waals surface area contributed by atoms with Gasteiger partial charge in [0.05, 0.1) is 12.0 Å². The van der Waals surface area contributed by atoms with Gasteiger partial charge in [0.25, 0.3) is 0 Å². The zero-order chi connectivity index (χ0) is 18.5. The summed E-state index contributed by atoms with van der Waals surface area (Å²) in [5, 5.41) is 4.20. The van der Waals surface area contributed by atoms with Crippen LogP contribution in [-0.4, -0.2) is 27.8 Å². The molecule has 0 spiro atoms. The molecule has 0 radical (unpaired) electrons. The molecule has 3 rings (SSSR count). The highest BCUT2D eigenvalue weighted by Gasteiger charge is 2.20. The molecule has 1 aromatic carbocycles. The van der Waals surface area contributed by atoms with Crippen LogP contribution < -0.4 is 0 Å². The molecule has 1 atom stereocenters. The molecule has 0 bridgehead atoms. The lowest BCUT2D eigenvalue weighted by Gasteiger charge is -2.11. The number of fused-ring (bicyclic) bond motifs is 1. The number of thiophene rings is 1. The molecular formula is C19H19ClN2O2S2. The van der Waals surface area contributed by atoms with Gasteiger partial charge in [-0.1, -0.05) is 48.8 Å². The number of hydrogen-bond acceptors (Lipinski definition) is 6. The van der Waals surface area contributed by atoms with E-state index in [1.54, 1.807) is 17.7 Å². The van der Waals surface area contributed by atoms with Gasteiger partial charge >= 0.3 is 5.97 Å². The van der Waals surface area contributed by atoms with E-state index < -0.39 is 0 Å². The molecule has 7 heteroatoms. The Labute approximate surface area is 166 Å². The molecular weight excluding hydrogens is 388 g/mol. The fourth-order valence-electron chi connectivity index (χ4n) is 2.43. The molecule has 4 nitrogen and oxygen atoms in total. The molecule has 0 fully saturated rings. The third-order valence-corrected chi connectivity index (χ3v) is 6.07. The van der Waals surface area contributed by atoms with Crippen LogP contribution in [0.15, 0.2) is 41.0 Å². The number of carbonyl (C=O) groups excluding carboxylic acids is 1. The van der Waals surface area contributed by atoms with Crippen molar-refractivity contribution >= 4 is 50.9 Å². The van der Waals surface area contributed by atoms with Crippen LogP contribution >= 0.6 is 34.7 Å². The zero-order valence-corrected chi connectivity index (χ0v) is 17.0. The summed E-state index contributed by atoms with van der Waals surface area (Å²) in [5.74, 6) is -0.210. The first-order chi connectivity index (χ1) is 12.6. The standard InChI is InChI=1S/C19H19ClN2O2S2/c1-3-4-9-24-19(23)12(2)26-18-16-15(10-25-17(16)21-11-22-18)13-5-7-14(20)8-6-13/h5-8,10-12H,3-4,9H2,1-2H3/t12-/m1/s1. The van der Waals surface area contributed by atoms with Gasteiger partial charge in [0.2, 0.25) is 0 Å². The Morgan fingerprint density at radius 2 is 2.08 bits per heavy atom. The highest BCUT2D eigenvalue weighted by molar-refractivity contribution is 8.00. The van der Waals surface area contributed by atoms with E-state index in [9.17, 15) is 4.79 Å². The summed E-state index contributed by atoms with van der Waals surface area (Å²) in [7, 11) is 0. The lowest BCUT2D eigenvalue weighted by Crippen LogP contribution is -2.17. The Hall–Kier alpha value is -1.63. The number of hydrogen-bond donors (Lipinski definition) is 0. The third kappa shape index (κ3) is 4.37. The SMILES string of the molecule is CCCCOC(=O)[C@@H](C)Sc1ncnc2scc(-c3ccc(Cl)cc3)c12. The van der Waals surface area contributed by atoms with Gasteiger partial charge in [-0.15, -0.1) is 11.3 Å². The molecule has 136 valence electrons. The molecule has 2 heterocycles. The quantitative estimate of drug-likeness (QED) is 0.213. The van der Waals surface area contributed by atoms with Crippen molar-refractivity contribution in [1.82, 2.24) is 9.97 Å². The lowest BCUT2D eigenvalue weighted by molar-refractivity contribution is -0.142. The van der Waals surface area contributed by atoms with Gasteiger partial charge < -0.3 is 4.74 Å². The molecule has 0 saturated heterocycles. The average Bonchev–Trinajstić information content (AvgIpc) is 3.07. The number of unbranched alkanes of at least 4 members (excludes halogenated alkanes) is 1. The Morgan fingerprint density at radius 3 is 2.81 bits per heavy atom. The molecule has 3 aromatic rings. The molecule has 0 aliphatic carbocycles. The van der Waals surface area contributed by atoms with Crippen molar-refractivity contribution in [3.8, 4) is 11.1 Å². The second-order valence-electron chi connectivity index (χ2n) is 5.80. The minimum Gasteiger partial charge on any atom is -0.465 e. The normalized spacial score (nSPS) is 12.3. The lowest BCUT2D eigenvalue weighted by atomic mass is 10.1. The number of esters is 1. The highest BCUT2D eigenvalue weighted by Crippen LogP contribution is 2.39. The van der Waals surface area contributed by atoms with Crippen molar-refractivity contribution in [3.63, 3.8) is 0 Å². The summed E-state index contributed by atoms with van der Waals surface area (Å²) < 4.78 is 5.32. The van der Waals surface area contributed by atoms with Crippen LogP contribution in [0.3, 0.4) is 0 Å². The van der Waals surface area contributed by atoms with Crippen molar-refractivity contribution in [2.45, 2.75) is 37.0 Å². The number of halogens is 1. The Bertz CT molecular complexity index is 896. The topological polar surface area (TPSA) is 52.1 Å². The van der Waals surface area contributed by atoms with Crippen molar-refractivity contribution < 1.29 is 9.53 Å². The van der Waals surface area contributed by atoms with Gasteiger partial charge in [0.1, 0.15) is 21.4 Å². The largest absolute Gasteiger partial charge is 0.465 e.